The molecule has 3 rings (SSSR count). The van der Waals surface area contributed by atoms with E-state index < -0.39 is 11.9 Å². The Kier molecular flexibility index (Phi) is 5.59. The van der Waals surface area contributed by atoms with Crippen LogP contribution in [0, 0.1) is 11.8 Å². The largest absolute Gasteiger partial charge is 0.433 e. The van der Waals surface area contributed by atoms with E-state index in [1.807, 2.05) is 0 Å². The zero-order valence-electron chi connectivity index (χ0n) is 13.0. The monoisotopic (exact) mass is 331 g/mol. The summed E-state index contributed by atoms with van der Waals surface area (Å²) in [6.45, 7) is 1.30. The number of hydrogen-bond acceptors (Lipinski definition) is 5. The second-order valence-corrected chi connectivity index (χ2v) is 5.61. The number of alkyl halides is 3. The summed E-state index contributed by atoms with van der Waals surface area (Å²) in [5.41, 5.74) is -0.320. The lowest BCUT2D eigenvalue weighted by atomic mass is 10.2. The maximum atomic E-state index is 12.3. The van der Waals surface area contributed by atoms with Gasteiger partial charge in [-0.25, -0.2) is 4.98 Å². The molecule has 2 aliphatic rings. The fourth-order valence-corrected chi connectivity index (χ4v) is 2.67. The topological polar surface area (TPSA) is 63.3 Å². The van der Waals surface area contributed by atoms with Crippen LogP contribution in [0.1, 0.15) is 17.7 Å². The molecule has 5 nitrogen and oxygen atoms in total. The van der Waals surface area contributed by atoms with E-state index in [9.17, 15) is 18.0 Å². The first-order chi connectivity index (χ1) is 10.9. The van der Waals surface area contributed by atoms with Crippen molar-refractivity contribution in [2.75, 3.05) is 26.0 Å². The summed E-state index contributed by atoms with van der Waals surface area (Å²) in [6, 6.07) is 2.50. The number of piperidine rings is 1. The van der Waals surface area contributed by atoms with Crippen LogP contribution in [-0.2, 0) is 22.3 Å². The summed E-state index contributed by atoms with van der Waals surface area (Å²) in [6.07, 6.45) is -2.09. The number of aldehydes is 1. The third-order valence-corrected chi connectivity index (χ3v) is 4.01. The summed E-state index contributed by atoms with van der Waals surface area (Å²) in [5, 5.41) is 5.74. The number of anilines is 1. The van der Waals surface area contributed by atoms with E-state index in [0.717, 1.165) is 24.8 Å². The first-order valence-electron chi connectivity index (χ1n) is 7.33. The number of carbonyl (C=O) groups is 1. The van der Waals surface area contributed by atoms with E-state index in [-0.39, 0.29) is 18.5 Å². The molecule has 1 aromatic heterocycles. The van der Waals surface area contributed by atoms with E-state index in [1.54, 1.807) is 0 Å². The molecule has 0 bridgehead atoms. The van der Waals surface area contributed by atoms with Gasteiger partial charge in [0.1, 0.15) is 17.8 Å². The molecule has 1 aromatic rings. The summed E-state index contributed by atoms with van der Waals surface area (Å²) >= 11 is 0. The number of nitrogens with one attached hydrogen (secondary N) is 2. The molecule has 1 saturated carbocycles. The van der Waals surface area contributed by atoms with Crippen molar-refractivity contribution in [3.05, 3.63) is 23.4 Å². The minimum atomic E-state index is -4.42. The Morgan fingerprint density at radius 3 is 2.61 bits per heavy atom. The van der Waals surface area contributed by atoms with Gasteiger partial charge in [0.15, 0.2) is 0 Å². The first-order valence-corrected chi connectivity index (χ1v) is 7.33. The molecule has 8 heteroatoms. The second-order valence-electron chi connectivity index (χ2n) is 5.61. The number of rotatable bonds is 4. The van der Waals surface area contributed by atoms with Crippen LogP contribution >= 0.6 is 0 Å². The zero-order valence-corrected chi connectivity index (χ0v) is 13.0. The van der Waals surface area contributed by atoms with Gasteiger partial charge >= 0.3 is 6.18 Å². The van der Waals surface area contributed by atoms with Crippen molar-refractivity contribution in [2.24, 2.45) is 11.8 Å². The van der Waals surface area contributed by atoms with Crippen LogP contribution in [0.5, 0.6) is 0 Å². The number of aromatic nitrogens is 1. The van der Waals surface area contributed by atoms with E-state index in [2.05, 4.69) is 15.6 Å². The van der Waals surface area contributed by atoms with Crippen LogP contribution in [0.25, 0.3) is 0 Å². The normalized spacial score (nSPS) is 25.2. The van der Waals surface area contributed by atoms with Crippen molar-refractivity contribution in [2.45, 2.75) is 25.2 Å². The molecule has 0 aromatic carbocycles. The number of nitrogens with zero attached hydrogens (tertiary/aromatic N) is 1. The van der Waals surface area contributed by atoms with Crippen LogP contribution in [0.2, 0.25) is 0 Å². The maximum Gasteiger partial charge on any atom is 0.433 e. The minimum Gasteiger partial charge on any atom is -0.380 e. The summed E-state index contributed by atoms with van der Waals surface area (Å²) in [4.78, 5) is 13.6. The molecule has 1 aliphatic carbocycles. The number of carbonyl (C=O) groups excluding carboxylic acids is 1. The number of ether oxygens (including phenoxy) is 1. The van der Waals surface area contributed by atoms with Crippen LogP contribution in [-0.4, -0.2) is 38.0 Å². The van der Waals surface area contributed by atoms with Crippen LogP contribution < -0.4 is 10.6 Å². The Morgan fingerprint density at radius 1 is 1.48 bits per heavy atom. The number of hydrogen-bond donors (Lipinski definition) is 2. The molecule has 2 heterocycles. The molecular weight excluding hydrogens is 311 g/mol. The summed E-state index contributed by atoms with van der Waals surface area (Å²) in [7, 11) is 2.98. The molecule has 3 atom stereocenters. The molecule has 2 N–H and O–H groups in total. The van der Waals surface area contributed by atoms with Crippen molar-refractivity contribution in [3.63, 3.8) is 0 Å². The van der Waals surface area contributed by atoms with Crippen molar-refractivity contribution >= 4 is 12.1 Å². The van der Waals surface area contributed by atoms with E-state index in [0.29, 0.717) is 11.5 Å². The van der Waals surface area contributed by atoms with Gasteiger partial charge < -0.3 is 20.2 Å². The quantitative estimate of drug-likeness (QED) is 0.827. The van der Waals surface area contributed by atoms with Crippen molar-refractivity contribution in [3.8, 4) is 0 Å². The van der Waals surface area contributed by atoms with Crippen molar-refractivity contribution < 1.29 is 22.7 Å². The van der Waals surface area contributed by atoms with Gasteiger partial charge in [0.2, 0.25) is 0 Å². The molecule has 23 heavy (non-hydrogen) atoms. The predicted molar refractivity (Wildman–Crippen MR) is 79.0 cm³/mol. The lowest BCUT2D eigenvalue weighted by molar-refractivity contribution is -0.141. The summed E-state index contributed by atoms with van der Waals surface area (Å²) in [5.74, 6) is 1.75. The standard InChI is InChI=1S/C9H11F3N2O.C6H9NO/c1-13-8-6(5-15-2)3-4-7(14-8)9(10,11)12;8-3-6-5-1-4(5)2-7-6/h3-4H,5H2,1-2H3,(H,13,14);3-7H,1-2H2. The van der Waals surface area contributed by atoms with Gasteiger partial charge in [0.05, 0.1) is 12.6 Å². The van der Waals surface area contributed by atoms with Crippen LogP contribution in [0.15, 0.2) is 12.1 Å². The maximum absolute atomic E-state index is 12.3. The molecule has 2 fully saturated rings. The molecule has 0 radical (unpaired) electrons. The highest BCUT2D eigenvalue weighted by molar-refractivity contribution is 5.60. The SMILES string of the molecule is CNc1nc(C(F)(F)F)ccc1COC.O=CC1NCC2CC21. The van der Waals surface area contributed by atoms with Gasteiger partial charge in [0, 0.05) is 19.7 Å². The van der Waals surface area contributed by atoms with Gasteiger partial charge in [-0.15, -0.1) is 0 Å². The molecule has 0 spiro atoms. The van der Waals surface area contributed by atoms with Crippen LogP contribution in [0.3, 0.4) is 0 Å². The molecular formula is C15H20F3N3O2. The fraction of sp³-hybridized carbons (Fsp3) is 0.600. The minimum absolute atomic E-state index is 0.187. The third kappa shape index (κ3) is 4.42. The Hall–Kier alpha value is -1.67. The smallest absolute Gasteiger partial charge is 0.380 e. The van der Waals surface area contributed by atoms with Gasteiger partial charge in [-0.2, -0.15) is 13.2 Å². The van der Waals surface area contributed by atoms with Crippen molar-refractivity contribution in [1.29, 1.82) is 0 Å². The number of halogens is 3. The first kappa shape index (κ1) is 17.7. The summed E-state index contributed by atoms with van der Waals surface area (Å²) < 4.78 is 41.7. The molecule has 3 unspecified atom stereocenters. The van der Waals surface area contributed by atoms with Crippen LogP contribution in [0.4, 0.5) is 19.0 Å². The average molecular weight is 331 g/mol. The number of pyridine rings is 1. The fourth-order valence-electron chi connectivity index (χ4n) is 2.67. The van der Waals surface area contributed by atoms with E-state index in [1.165, 1.54) is 26.6 Å². The number of fused-ring (bicyclic) bond motifs is 1. The average Bonchev–Trinajstić information content (AvgIpc) is 3.19. The van der Waals surface area contributed by atoms with Gasteiger partial charge in [-0.05, 0) is 30.9 Å². The van der Waals surface area contributed by atoms with Gasteiger partial charge in [0.25, 0.3) is 0 Å². The lowest BCUT2D eigenvalue weighted by Crippen LogP contribution is -2.27. The van der Waals surface area contributed by atoms with Gasteiger partial charge in [-0.1, -0.05) is 6.07 Å². The Balaban J connectivity index is 0.000000198. The molecule has 128 valence electrons. The Bertz CT molecular complexity index is 551. The molecule has 1 saturated heterocycles. The zero-order chi connectivity index (χ0) is 17.0. The van der Waals surface area contributed by atoms with Crippen molar-refractivity contribution in [1.82, 2.24) is 10.3 Å². The van der Waals surface area contributed by atoms with E-state index in [4.69, 9.17) is 4.74 Å². The number of methoxy groups -OCH3 is 1. The second kappa shape index (κ2) is 7.27. The predicted octanol–water partition coefficient (Wildman–Crippen LogP) is 2.08. The van der Waals surface area contributed by atoms with Gasteiger partial charge in [-0.3, -0.25) is 0 Å². The molecule has 0 amide bonds. The highest BCUT2D eigenvalue weighted by Gasteiger charge is 2.47. The highest BCUT2D eigenvalue weighted by Crippen LogP contribution is 2.44. The Labute approximate surface area is 132 Å². The van der Waals surface area contributed by atoms with E-state index >= 15 is 0 Å². The third-order valence-electron chi connectivity index (χ3n) is 4.01. The highest BCUT2D eigenvalue weighted by atomic mass is 19.4. The molecule has 1 aliphatic heterocycles. The lowest BCUT2D eigenvalue weighted by Gasteiger charge is -2.11. The Morgan fingerprint density at radius 2 is 2.22 bits per heavy atom.